The first kappa shape index (κ1) is 29.7. The molecule has 0 heterocycles. The largest absolute Gasteiger partial charge is 0.456 e. The Hall–Kier alpha value is -2.75. The van der Waals surface area contributed by atoms with E-state index in [0.717, 1.165) is 16.7 Å². The molecular weight excluding hydrogens is 543 g/mol. The minimum absolute atomic E-state index is 0.0315. The van der Waals surface area contributed by atoms with Crippen molar-refractivity contribution in [2.45, 2.75) is 102 Å². The molecule has 2 amide bonds. The third-order valence-electron chi connectivity index (χ3n) is 9.82. The highest BCUT2D eigenvalue weighted by Gasteiger charge is 2.79. The summed E-state index contributed by atoms with van der Waals surface area (Å²) in [7, 11) is 0. The summed E-state index contributed by atoms with van der Waals surface area (Å²) in [6, 6.07) is 6.48. The minimum Gasteiger partial charge on any atom is -0.383 e. The zero-order valence-electron chi connectivity index (χ0n) is 23.7. The number of urea groups is 1. The van der Waals surface area contributed by atoms with Crippen molar-refractivity contribution in [3.63, 3.8) is 0 Å². The molecule has 41 heavy (non-hydrogen) atoms. The van der Waals surface area contributed by atoms with E-state index in [1.807, 2.05) is 20.8 Å². The van der Waals surface area contributed by atoms with Crippen molar-refractivity contribution >= 4 is 17.5 Å². The van der Waals surface area contributed by atoms with Crippen LogP contribution in [0, 0.1) is 17.3 Å². The molecule has 1 aromatic rings. The lowest BCUT2D eigenvalue weighted by molar-refractivity contribution is -0.362. The molecule has 4 aliphatic carbocycles. The highest BCUT2D eigenvalue weighted by atomic mass is 19.4. The number of ketones is 1. The standard InChI is InChI=1S/C31H37F5N2O3/c1-27(2,3)38-26(40)37-19-8-5-17(6-9-19)23-16-28(4)24(13-14-29(28,41)30(32,33)31(34,35)36)22-11-7-18-15-20(39)10-12-21(18)25(22)23/h5-6,8-9,15,22-24,41H,7,10-14,16H2,1-4H3,(H2,37,38,40)/t22?,23-,24?,28+,29+/m1/s1. The van der Waals surface area contributed by atoms with Crippen LogP contribution in [0.1, 0.15) is 84.1 Å². The molecule has 2 unspecified atom stereocenters. The number of aliphatic hydroxyl groups is 1. The zero-order chi connectivity index (χ0) is 30.2. The summed E-state index contributed by atoms with van der Waals surface area (Å²) in [6.45, 7) is 6.93. The molecule has 2 fully saturated rings. The molecule has 2 saturated carbocycles. The maximum Gasteiger partial charge on any atom is 0.456 e. The van der Waals surface area contributed by atoms with E-state index in [0.29, 0.717) is 36.9 Å². The lowest BCUT2D eigenvalue weighted by Gasteiger charge is -2.56. The van der Waals surface area contributed by atoms with E-state index < -0.39 is 52.9 Å². The SMILES string of the molecule is CC(C)(C)NC(=O)Nc1ccc([C@H]2C[C@@]3(C)C(CC[C@@]3(O)C(F)(F)C(F)(F)F)C3CCC4=CC(=O)CCC4=C32)cc1. The van der Waals surface area contributed by atoms with E-state index in [9.17, 15) is 27.9 Å². The number of amides is 2. The zero-order valence-corrected chi connectivity index (χ0v) is 23.7. The van der Waals surface area contributed by atoms with Gasteiger partial charge in [0.25, 0.3) is 0 Å². The smallest absolute Gasteiger partial charge is 0.383 e. The van der Waals surface area contributed by atoms with E-state index in [1.54, 1.807) is 30.3 Å². The van der Waals surface area contributed by atoms with E-state index >= 15 is 8.78 Å². The number of halogens is 5. The lowest BCUT2D eigenvalue weighted by atomic mass is 9.50. The Balaban J connectivity index is 1.58. The van der Waals surface area contributed by atoms with E-state index in [4.69, 9.17) is 0 Å². The van der Waals surface area contributed by atoms with Crippen molar-refractivity contribution in [3.05, 3.63) is 52.6 Å². The van der Waals surface area contributed by atoms with Gasteiger partial charge in [0.1, 0.15) is 5.60 Å². The summed E-state index contributed by atoms with van der Waals surface area (Å²) in [6.07, 6.45) is -3.00. The molecule has 5 nitrogen and oxygen atoms in total. The topological polar surface area (TPSA) is 78.4 Å². The van der Waals surface area contributed by atoms with Crippen LogP contribution in [0.25, 0.3) is 0 Å². The fraction of sp³-hybridized carbons (Fsp3) is 0.613. The van der Waals surface area contributed by atoms with Crippen LogP contribution in [0.15, 0.2) is 47.1 Å². The summed E-state index contributed by atoms with van der Waals surface area (Å²) < 4.78 is 71.4. The van der Waals surface area contributed by atoms with Gasteiger partial charge in [-0.25, -0.2) is 4.79 Å². The number of hydrogen-bond acceptors (Lipinski definition) is 3. The Morgan fingerprint density at radius 2 is 1.66 bits per heavy atom. The van der Waals surface area contributed by atoms with Gasteiger partial charge >= 0.3 is 18.1 Å². The minimum atomic E-state index is -5.89. The van der Waals surface area contributed by atoms with Gasteiger partial charge in [-0.05, 0) is 106 Å². The summed E-state index contributed by atoms with van der Waals surface area (Å²) in [5.41, 5.74) is -1.26. The number of carbonyl (C=O) groups is 2. The van der Waals surface area contributed by atoms with Crippen LogP contribution in [0.3, 0.4) is 0 Å². The molecule has 3 N–H and O–H groups in total. The van der Waals surface area contributed by atoms with Gasteiger partial charge in [-0.2, -0.15) is 22.0 Å². The summed E-state index contributed by atoms with van der Waals surface area (Å²) in [4.78, 5) is 24.5. The third-order valence-corrected chi connectivity index (χ3v) is 9.82. The Bertz CT molecular complexity index is 1310. The third kappa shape index (κ3) is 4.79. The summed E-state index contributed by atoms with van der Waals surface area (Å²) >= 11 is 0. The first-order valence-corrected chi connectivity index (χ1v) is 14.2. The molecule has 5 atom stereocenters. The summed E-state index contributed by atoms with van der Waals surface area (Å²) in [5.74, 6) is -6.61. The molecule has 0 spiro atoms. The van der Waals surface area contributed by atoms with Crippen LogP contribution in [-0.2, 0) is 4.79 Å². The second-order valence-electron chi connectivity index (χ2n) is 13.4. The average molecular weight is 581 g/mol. The fourth-order valence-electron chi connectivity index (χ4n) is 8.02. The maximum absolute atomic E-state index is 15.1. The second kappa shape index (κ2) is 9.64. The number of rotatable bonds is 3. The van der Waals surface area contributed by atoms with Crippen LogP contribution in [0.5, 0.6) is 0 Å². The number of fused-ring (bicyclic) bond motifs is 4. The number of carbonyl (C=O) groups excluding carboxylic acids is 2. The van der Waals surface area contributed by atoms with Crippen LogP contribution in [0.2, 0.25) is 0 Å². The highest BCUT2D eigenvalue weighted by molar-refractivity contribution is 5.93. The maximum atomic E-state index is 15.1. The molecular formula is C31H37F5N2O3. The molecule has 1 aromatic carbocycles. The van der Waals surface area contributed by atoms with Gasteiger partial charge in [0.2, 0.25) is 0 Å². The van der Waals surface area contributed by atoms with Gasteiger partial charge in [-0.1, -0.05) is 24.6 Å². The number of benzene rings is 1. The quantitative estimate of drug-likeness (QED) is 0.325. The van der Waals surface area contributed by atoms with Crippen molar-refractivity contribution in [1.29, 1.82) is 0 Å². The monoisotopic (exact) mass is 580 g/mol. The van der Waals surface area contributed by atoms with Crippen molar-refractivity contribution in [1.82, 2.24) is 5.32 Å². The summed E-state index contributed by atoms with van der Waals surface area (Å²) in [5, 5.41) is 16.9. The van der Waals surface area contributed by atoms with Gasteiger partial charge in [-0.3, -0.25) is 4.79 Å². The predicted molar refractivity (Wildman–Crippen MR) is 145 cm³/mol. The van der Waals surface area contributed by atoms with E-state index in [1.165, 1.54) is 6.92 Å². The fourth-order valence-corrected chi connectivity index (χ4v) is 8.02. The number of allylic oxidation sites excluding steroid dienone is 4. The number of nitrogens with one attached hydrogen (secondary N) is 2. The van der Waals surface area contributed by atoms with Crippen molar-refractivity contribution in [2.75, 3.05) is 5.32 Å². The predicted octanol–water partition coefficient (Wildman–Crippen LogP) is 7.43. The van der Waals surface area contributed by atoms with Crippen LogP contribution in [-0.4, -0.2) is 40.2 Å². The Morgan fingerprint density at radius 3 is 2.27 bits per heavy atom. The van der Waals surface area contributed by atoms with Gasteiger partial charge in [-0.15, -0.1) is 0 Å². The molecule has 0 bridgehead atoms. The first-order valence-electron chi connectivity index (χ1n) is 14.2. The van der Waals surface area contributed by atoms with Crippen LogP contribution < -0.4 is 10.6 Å². The number of alkyl halides is 5. The Labute approximate surface area is 236 Å². The van der Waals surface area contributed by atoms with Crippen molar-refractivity contribution < 1.29 is 36.6 Å². The highest BCUT2D eigenvalue weighted by Crippen LogP contribution is 2.70. The van der Waals surface area contributed by atoms with E-state index in [2.05, 4.69) is 10.6 Å². The molecule has 10 heteroatoms. The van der Waals surface area contributed by atoms with Gasteiger partial charge < -0.3 is 15.7 Å². The van der Waals surface area contributed by atoms with Gasteiger partial charge in [0.05, 0.1) is 0 Å². The molecule has 224 valence electrons. The molecule has 0 aliphatic heterocycles. The Morgan fingerprint density at radius 1 is 1.00 bits per heavy atom. The molecule has 4 aliphatic rings. The van der Waals surface area contributed by atoms with Gasteiger partial charge in [0, 0.05) is 29.0 Å². The second-order valence-corrected chi connectivity index (χ2v) is 13.4. The normalized spacial score (nSPS) is 32.1. The average Bonchev–Trinajstić information content (AvgIpc) is 3.13. The molecule has 0 radical (unpaired) electrons. The van der Waals surface area contributed by atoms with Crippen molar-refractivity contribution in [3.8, 4) is 0 Å². The first-order chi connectivity index (χ1) is 18.9. The molecule has 5 rings (SSSR count). The van der Waals surface area contributed by atoms with Gasteiger partial charge in [0.15, 0.2) is 5.78 Å². The van der Waals surface area contributed by atoms with E-state index in [-0.39, 0.29) is 24.5 Å². The molecule has 0 saturated heterocycles. The molecule has 0 aromatic heterocycles. The van der Waals surface area contributed by atoms with Crippen LogP contribution >= 0.6 is 0 Å². The lowest BCUT2D eigenvalue weighted by Crippen LogP contribution is -2.65. The van der Waals surface area contributed by atoms with Crippen molar-refractivity contribution in [2.24, 2.45) is 17.3 Å². The number of anilines is 1. The van der Waals surface area contributed by atoms with Crippen LogP contribution in [0.4, 0.5) is 32.4 Å². The Kier molecular flexibility index (Phi) is 6.99. The number of hydrogen-bond donors (Lipinski definition) is 3.